The van der Waals surface area contributed by atoms with E-state index < -0.39 is 0 Å². The molecule has 0 aromatic rings. The maximum atomic E-state index is 8.70. The number of hydrogen-bond donors (Lipinski definition) is 2. The molecule has 0 saturated heterocycles. The zero-order chi connectivity index (χ0) is 12.2. The molecule has 0 amide bonds. The van der Waals surface area contributed by atoms with E-state index in [0.717, 1.165) is 19.0 Å². The Bertz CT molecular complexity index is 245. The van der Waals surface area contributed by atoms with E-state index in [1.54, 1.807) is 0 Å². The average molecular weight is 227 g/mol. The third-order valence-electron chi connectivity index (χ3n) is 3.84. The summed E-state index contributed by atoms with van der Waals surface area (Å²) >= 11 is 0. The summed E-state index contributed by atoms with van der Waals surface area (Å²) in [6.07, 6.45) is 6.29. The van der Waals surface area contributed by atoms with Crippen LogP contribution < -0.4 is 5.73 Å². The summed E-state index contributed by atoms with van der Waals surface area (Å²) in [5, 5.41) is 11.8. The van der Waals surface area contributed by atoms with Crippen LogP contribution in [-0.2, 0) is 0 Å². The van der Waals surface area contributed by atoms with E-state index >= 15 is 0 Å². The van der Waals surface area contributed by atoms with E-state index in [1.165, 1.54) is 25.7 Å². The zero-order valence-electron chi connectivity index (χ0n) is 10.7. The largest absolute Gasteiger partial charge is 0.409 e. The molecule has 16 heavy (non-hydrogen) atoms. The maximum absolute atomic E-state index is 8.70. The SMILES string of the molecule is CN(CCC(C)(C)C(N)=NO)C1CCCC1. The van der Waals surface area contributed by atoms with E-state index in [0.29, 0.717) is 5.84 Å². The number of nitrogens with zero attached hydrogens (tertiary/aromatic N) is 2. The average Bonchev–Trinajstić information content (AvgIpc) is 2.78. The molecule has 0 unspecified atom stereocenters. The van der Waals surface area contributed by atoms with Crippen LogP contribution in [0.25, 0.3) is 0 Å². The van der Waals surface area contributed by atoms with Gasteiger partial charge in [-0.1, -0.05) is 31.8 Å². The van der Waals surface area contributed by atoms with Gasteiger partial charge in [0.1, 0.15) is 5.84 Å². The van der Waals surface area contributed by atoms with Gasteiger partial charge in [0.25, 0.3) is 0 Å². The number of amidine groups is 1. The molecule has 1 fully saturated rings. The van der Waals surface area contributed by atoms with Crippen LogP contribution in [0, 0.1) is 5.41 Å². The van der Waals surface area contributed by atoms with E-state index in [4.69, 9.17) is 10.9 Å². The summed E-state index contributed by atoms with van der Waals surface area (Å²) < 4.78 is 0. The van der Waals surface area contributed by atoms with E-state index in [9.17, 15) is 0 Å². The minimum absolute atomic E-state index is 0.221. The van der Waals surface area contributed by atoms with Gasteiger partial charge >= 0.3 is 0 Å². The molecule has 4 nitrogen and oxygen atoms in total. The van der Waals surface area contributed by atoms with Crippen LogP contribution in [0.2, 0.25) is 0 Å². The van der Waals surface area contributed by atoms with Gasteiger partial charge in [-0.15, -0.1) is 0 Å². The van der Waals surface area contributed by atoms with Gasteiger partial charge in [0, 0.05) is 11.5 Å². The van der Waals surface area contributed by atoms with Crippen molar-refractivity contribution in [3.63, 3.8) is 0 Å². The van der Waals surface area contributed by atoms with Gasteiger partial charge in [0.05, 0.1) is 0 Å². The van der Waals surface area contributed by atoms with Crippen LogP contribution in [0.1, 0.15) is 46.0 Å². The fourth-order valence-corrected chi connectivity index (χ4v) is 2.25. The second-order valence-corrected chi connectivity index (χ2v) is 5.54. The van der Waals surface area contributed by atoms with Crippen molar-refractivity contribution in [1.82, 2.24) is 4.90 Å². The Balaban J connectivity index is 2.38. The summed E-state index contributed by atoms with van der Waals surface area (Å²) in [6.45, 7) is 5.04. The van der Waals surface area contributed by atoms with Crippen LogP contribution in [0.15, 0.2) is 5.16 Å². The maximum Gasteiger partial charge on any atom is 0.144 e. The van der Waals surface area contributed by atoms with Crippen LogP contribution in [0.3, 0.4) is 0 Å². The highest BCUT2D eigenvalue weighted by atomic mass is 16.4. The van der Waals surface area contributed by atoms with Crippen molar-refractivity contribution in [2.45, 2.75) is 52.0 Å². The molecule has 1 aliphatic carbocycles. The van der Waals surface area contributed by atoms with Crippen molar-refractivity contribution in [2.24, 2.45) is 16.3 Å². The molecule has 0 aliphatic heterocycles. The number of hydrogen-bond acceptors (Lipinski definition) is 3. The Morgan fingerprint density at radius 2 is 2.00 bits per heavy atom. The predicted molar refractivity (Wildman–Crippen MR) is 66.7 cm³/mol. The third kappa shape index (κ3) is 3.37. The molecule has 0 spiro atoms. The standard InChI is InChI=1S/C12H25N3O/c1-12(2,11(13)14-16)8-9-15(3)10-6-4-5-7-10/h10,16H,4-9H2,1-3H3,(H2,13,14). The fourth-order valence-electron chi connectivity index (χ4n) is 2.25. The molecule has 3 N–H and O–H groups in total. The predicted octanol–water partition coefficient (Wildman–Crippen LogP) is 2.02. The molecule has 1 aliphatic rings. The highest BCUT2D eigenvalue weighted by molar-refractivity contribution is 5.85. The minimum Gasteiger partial charge on any atom is -0.409 e. The van der Waals surface area contributed by atoms with Crippen molar-refractivity contribution < 1.29 is 5.21 Å². The van der Waals surface area contributed by atoms with Gasteiger partial charge in [-0.05, 0) is 32.9 Å². The van der Waals surface area contributed by atoms with Crippen molar-refractivity contribution >= 4 is 5.84 Å². The normalized spacial score (nSPS) is 19.6. The number of oxime groups is 1. The third-order valence-corrected chi connectivity index (χ3v) is 3.84. The molecule has 1 saturated carbocycles. The Labute approximate surface area is 98.5 Å². The van der Waals surface area contributed by atoms with Crippen molar-refractivity contribution in [3.8, 4) is 0 Å². The Hall–Kier alpha value is -0.770. The van der Waals surface area contributed by atoms with Gasteiger partial charge in [-0.2, -0.15) is 0 Å². The molecule has 0 heterocycles. The highest BCUT2D eigenvalue weighted by Gasteiger charge is 2.26. The van der Waals surface area contributed by atoms with Gasteiger partial charge in [0.15, 0.2) is 0 Å². The van der Waals surface area contributed by atoms with Crippen LogP contribution >= 0.6 is 0 Å². The van der Waals surface area contributed by atoms with Crippen LogP contribution in [0.4, 0.5) is 0 Å². The quantitative estimate of drug-likeness (QED) is 0.327. The van der Waals surface area contributed by atoms with E-state index in [1.807, 2.05) is 13.8 Å². The summed E-state index contributed by atoms with van der Waals surface area (Å²) in [6, 6.07) is 0.739. The van der Waals surface area contributed by atoms with E-state index in [-0.39, 0.29) is 5.41 Å². The van der Waals surface area contributed by atoms with Crippen LogP contribution in [-0.4, -0.2) is 35.6 Å². The van der Waals surface area contributed by atoms with Gasteiger partial charge in [-0.3, -0.25) is 0 Å². The molecule has 0 atom stereocenters. The molecule has 0 bridgehead atoms. The van der Waals surface area contributed by atoms with E-state index in [2.05, 4.69) is 17.1 Å². The molecular weight excluding hydrogens is 202 g/mol. The molecule has 94 valence electrons. The summed E-state index contributed by atoms with van der Waals surface area (Å²) in [4.78, 5) is 2.42. The van der Waals surface area contributed by atoms with Gasteiger partial charge < -0.3 is 15.8 Å². The summed E-state index contributed by atoms with van der Waals surface area (Å²) in [5.41, 5.74) is 5.45. The van der Waals surface area contributed by atoms with Gasteiger partial charge in [-0.25, -0.2) is 0 Å². The van der Waals surface area contributed by atoms with Crippen molar-refractivity contribution in [1.29, 1.82) is 0 Å². The second kappa shape index (κ2) is 5.53. The topological polar surface area (TPSA) is 61.8 Å². The molecule has 0 aromatic heterocycles. The molecule has 1 rings (SSSR count). The number of rotatable bonds is 5. The molecule has 4 heteroatoms. The Kier molecular flexibility index (Phi) is 4.59. The summed E-state index contributed by atoms with van der Waals surface area (Å²) in [5.74, 6) is 0.326. The Morgan fingerprint density at radius 3 is 2.50 bits per heavy atom. The first kappa shape index (κ1) is 13.3. The lowest BCUT2D eigenvalue weighted by Gasteiger charge is -2.29. The molecule has 0 aromatic carbocycles. The second-order valence-electron chi connectivity index (χ2n) is 5.54. The Morgan fingerprint density at radius 1 is 1.44 bits per heavy atom. The lowest BCUT2D eigenvalue weighted by Crippen LogP contribution is -2.37. The summed E-state index contributed by atoms with van der Waals surface area (Å²) in [7, 11) is 2.18. The lowest BCUT2D eigenvalue weighted by molar-refractivity contribution is 0.219. The zero-order valence-corrected chi connectivity index (χ0v) is 10.7. The van der Waals surface area contributed by atoms with Crippen LogP contribution in [0.5, 0.6) is 0 Å². The number of nitrogens with two attached hydrogens (primary N) is 1. The fraction of sp³-hybridized carbons (Fsp3) is 0.917. The molecule has 0 radical (unpaired) electrons. The first-order valence-corrected chi connectivity index (χ1v) is 6.15. The lowest BCUT2D eigenvalue weighted by atomic mass is 9.88. The van der Waals surface area contributed by atoms with Crippen molar-refractivity contribution in [3.05, 3.63) is 0 Å². The smallest absolute Gasteiger partial charge is 0.144 e. The first-order valence-electron chi connectivity index (χ1n) is 6.15. The first-order chi connectivity index (χ1) is 7.47. The minimum atomic E-state index is -0.221. The van der Waals surface area contributed by atoms with Gasteiger partial charge in [0.2, 0.25) is 0 Å². The monoisotopic (exact) mass is 227 g/mol. The highest BCUT2D eigenvalue weighted by Crippen LogP contribution is 2.25. The molecular formula is C12H25N3O. The van der Waals surface area contributed by atoms with Crippen molar-refractivity contribution in [2.75, 3.05) is 13.6 Å².